The third-order valence-electron chi connectivity index (χ3n) is 10.6. The maximum atomic E-state index is 12.5. The molecule has 4 unspecified atom stereocenters. The number of unbranched alkanes of at least 4 members (excludes halogenated alkanes) is 28. The summed E-state index contributed by atoms with van der Waals surface area (Å²) < 4.78 is 0. The van der Waals surface area contributed by atoms with E-state index in [0.717, 1.165) is 38.5 Å². The summed E-state index contributed by atoms with van der Waals surface area (Å²) in [6.07, 6.45) is 46.7. The normalized spacial score (nSPS) is 14.3. The Labute approximate surface area is 323 Å². The van der Waals surface area contributed by atoms with Crippen LogP contribution in [0.3, 0.4) is 0 Å². The second kappa shape index (κ2) is 41.0. The number of carbonyl (C=O) groups is 1. The summed E-state index contributed by atoms with van der Waals surface area (Å²) in [4.78, 5) is 12.5. The van der Waals surface area contributed by atoms with Gasteiger partial charge in [0, 0.05) is 0 Å². The first-order valence-electron chi connectivity index (χ1n) is 22.7. The summed E-state index contributed by atoms with van der Waals surface area (Å²) in [5.74, 6) is -0.595. The van der Waals surface area contributed by atoms with Crippen LogP contribution in [0.5, 0.6) is 0 Å². The number of nitrogens with one attached hydrogen (secondary N) is 1. The molecule has 6 heteroatoms. The minimum absolute atomic E-state index is 0.363. The molecule has 0 rings (SSSR count). The molecular formula is C46H89NO5. The van der Waals surface area contributed by atoms with E-state index in [1.807, 2.05) is 0 Å². The van der Waals surface area contributed by atoms with E-state index in [1.54, 1.807) is 0 Å². The minimum Gasteiger partial charge on any atom is -0.394 e. The van der Waals surface area contributed by atoms with Crippen LogP contribution in [0.15, 0.2) is 24.3 Å². The first-order valence-corrected chi connectivity index (χ1v) is 22.7. The summed E-state index contributed by atoms with van der Waals surface area (Å²) in [5, 5.41) is 43.4. The number of amides is 1. The van der Waals surface area contributed by atoms with Gasteiger partial charge in [-0.05, 0) is 64.2 Å². The highest BCUT2D eigenvalue weighted by Crippen LogP contribution is 2.16. The number of carbonyl (C=O) groups excluding carboxylic acids is 1. The molecule has 52 heavy (non-hydrogen) atoms. The fraction of sp³-hybridized carbons (Fsp3) is 0.891. The average molecular weight is 736 g/mol. The lowest BCUT2D eigenvalue weighted by atomic mass is 10.00. The van der Waals surface area contributed by atoms with Gasteiger partial charge in [-0.1, -0.05) is 192 Å². The van der Waals surface area contributed by atoms with Gasteiger partial charge >= 0.3 is 0 Å². The third-order valence-corrected chi connectivity index (χ3v) is 10.6. The van der Waals surface area contributed by atoms with E-state index in [-0.39, 0.29) is 0 Å². The quantitative estimate of drug-likeness (QED) is 0.0317. The predicted molar refractivity (Wildman–Crippen MR) is 224 cm³/mol. The van der Waals surface area contributed by atoms with Crippen molar-refractivity contribution in [2.45, 2.75) is 257 Å². The Morgan fingerprint density at radius 2 is 0.788 bits per heavy atom. The standard InChI is InChI=1S/C46H89NO5/c1-3-5-7-9-11-13-14-15-16-17-18-19-20-21-22-23-24-25-26-27-28-29-30-32-34-36-38-40-44(50)46(52)47-42(41-48)45(51)43(49)39-37-35-33-31-12-10-8-6-4-2/h21-22,31,33,42-45,48-51H,3-20,23-30,32,34-41H2,1-2H3,(H,47,52)/b22-21-,33-31+. The summed E-state index contributed by atoms with van der Waals surface area (Å²) in [5.41, 5.74) is 0. The Kier molecular flexibility index (Phi) is 40.0. The molecule has 1 amide bonds. The highest BCUT2D eigenvalue weighted by Gasteiger charge is 2.28. The van der Waals surface area contributed by atoms with Crippen molar-refractivity contribution < 1.29 is 25.2 Å². The molecule has 0 aromatic rings. The molecule has 0 aromatic carbocycles. The zero-order valence-corrected chi connectivity index (χ0v) is 34.6. The van der Waals surface area contributed by atoms with Crippen molar-refractivity contribution in [2.24, 2.45) is 0 Å². The Morgan fingerprint density at radius 3 is 1.17 bits per heavy atom. The minimum atomic E-state index is -1.28. The first-order chi connectivity index (χ1) is 25.5. The van der Waals surface area contributed by atoms with E-state index in [1.165, 1.54) is 167 Å². The molecule has 0 fully saturated rings. The zero-order valence-electron chi connectivity index (χ0n) is 34.6. The molecule has 4 atom stereocenters. The van der Waals surface area contributed by atoms with Crippen LogP contribution in [-0.2, 0) is 4.79 Å². The highest BCUT2D eigenvalue weighted by atomic mass is 16.3. The Hall–Kier alpha value is -1.21. The Morgan fingerprint density at radius 1 is 0.462 bits per heavy atom. The fourth-order valence-corrected chi connectivity index (χ4v) is 6.99. The van der Waals surface area contributed by atoms with Gasteiger partial charge in [0.25, 0.3) is 0 Å². The summed E-state index contributed by atoms with van der Waals surface area (Å²) in [6.45, 7) is 4.00. The molecule has 6 nitrogen and oxygen atoms in total. The number of rotatable bonds is 41. The summed E-state index contributed by atoms with van der Waals surface area (Å²) in [6, 6.07) is -0.998. The third kappa shape index (κ3) is 34.6. The number of aliphatic hydroxyl groups is 4. The van der Waals surface area contributed by atoms with Crippen molar-refractivity contribution in [1.82, 2.24) is 5.32 Å². The smallest absolute Gasteiger partial charge is 0.249 e. The lowest BCUT2D eigenvalue weighted by Gasteiger charge is -2.27. The number of allylic oxidation sites excluding steroid dienone is 4. The van der Waals surface area contributed by atoms with Crippen LogP contribution in [0, 0.1) is 0 Å². The fourth-order valence-electron chi connectivity index (χ4n) is 6.99. The van der Waals surface area contributed by atoms with Gasteiger partial charge in [0.15, 0.2) is 0 Å². The van der Waals surface area contributed by atoms with Crippen LogP contribution in [0.4, 0.5) is 0 Å². The number of hydrogen-bond donors (Lipinski definition) is 5. The van der Waals surface area contributed by atoms with Crippen LogP contribution in [0.1, 0.15) is 232 Å². The predicted octanol–water partition coefficient (Wildman–Crippen LogP) is 12.0. The largest absolute Gasteiger partial charge is 0.394 e. The van der Waals surface area contributed by atoms with E-state index in [0.29, 0.717) is 12.8 Å². The zero-order chi connectivity index (χ0) is 38.2. The van der Waals surface area contributed by atoms with Crippen LogP contribution in [-0.4, -0.2) is 57.3 Å². The summed E-state index contributed by atoms with van der Waals surface area (Å²) >= 11 is 0. The summed E-state index contributed by atoms with van der Waals surface area (Å²) in [7, 11) is 0. The van der Waals surface area contributed by atoms with E-state index >= 15 is 0 Å². The van der Waals surface area contributed by atoms with Gasteiger partial charge in [-0.2, -0.15) is 0 Å². The van der Waals surface area contributed by atoms with E-state index < -0.39 is 36.9 Å². The van der Waals surface area contributed by atoms with Gasteiger partial charge < -0.3 is 25.7 Å². The molecule has 0 saturated carbocycles. The molecule has 308 valence electrons. The van der Waals surface area contributed by atoms with Crippen LogP contribution in [0.2, 0.25) is 0 Å². The van der Waals surface area contributed by atoms with Gasteiger partial charge in [0.2, 0.25) is 5.91 Å². The lowest BCUT2D eigenvalue weighted by molar-refractivity contribution is -0.132. The topological polar surface area (TPSA) is 110 Å². The molecule has 0 radical (unpaired) electrons. The molecular weight excluding hydrogens is 647 g/mol. The average Bonchev–Trinajstić information content (AvgIpc) is 3.15. The monoisotopic (exact) mass is 736 g/mol. The maximum Gasteiger partial charge on any atom is 0.249 e. The van der Waals surface area contributed by atoms with Crippen molar-refractivity contribution in [1.29, 1.82) is 0 Å². The van der Waals surface area contributed by atoms with Gasteiger partial charge in [-0.25, -0.2) is 0 Å². The lowest BCUT2D eigenvalue weighted by Crippen LogP contribution is -2.53. The van der Waals surface area contributed by atoms with Crippen molar-refractivity contribution in [3.63, 3.8) is 0 Å². The molecule has 0 spiro atoms. The molecule has 0 aliphatic rings. The molecule has 0 bridgehead atoms. The Balaban J connectivity index is 3.62. The van der Waals surface area contributed by atoms with Gasteiger partial charge in [0.1, 0.15) is 12.2 Å². The second-order valence-corrected chi connectivity index (χ2v) is 15.7. The van der Waals surface area contributed by atoms with Gasteiger partial charge in [-0.3, -0.25) is 4.79 Å². The molecule has 0 aromatic heterocycles. The van der Waals surface area contributed by atoms with Crippen LogP contribution < -0.4 is 5.32 Å². The highest BCUT2D eigenvalue weighted by molar-refractivity contribution is 5.80. The molecule has 0 aliphatic carbocycles. The van der Waals surface area contributed by atoms with Crippen molar-refractivity contribution in [2.75, 3.05) is 6.61 Å². The van der Waals surface area contributed by atoms with E-state index in [4.69, 9.17) is 0 Å². The van der Waals surface area contributed by atoms with E-state index in [9.17, 15) is 25.2 Å². The van der Waals surface area contributed by atoms with Gasteiger partial charge in [-0.15, -0.1) is 0 Å². The maximum absolute atomic E-state index is 12.5. The Bertz CT molecular complexity index is 787. The second-order valence-electron chi connectivity index (χ2n) is 15.7. The van der Waals surface area contributed by atoms with Gasteiger partial charge in [0.05, 0.1) is 18.8 Å². The number of hydrogen-bond acceptors (Lipinski definition) is 5. The van der Waals surface area contributed by atoms with Crippen molar-refractivity contribution in [3.8, 4) is 0 Å². The molecule has 5 N–H and O–H groups in total. The first kappa shape index (κ1) is 50.8. The van der Waals surface area contributed by atoms with Crippen LogP contribution >= 0.6 is 0 Å². The van der Waals surface area contributed by atoms with Crippen molar-refractivity contribution in [3.05, 3.63) is 24.3 Å². The number of aliphatic hydroxyl groups excluding tert-OH is 4. The van der Waals surface area contributed by atoms with Crippen LogP contribution in [0.25, 0.3) is 0 Å². The van der Waals surface area contributed by atoms with Crippen molar-refractivity contribution >= 4 is 5.91 Å². The SMILES string of the molecule is CCCCCC/C=C/CCCC(O)C(O)C(CO)NC(=O)C(O)CCCCCCCCCCCCC/C=C\CCCCCCCCCCCCCC. The van der Waals surface area contributed by atoms with E-state index in [2.05, 4.69) is 43.5 Å². The molecule has 0 heterocycles. The molecule has 0 aliphatic heterocycles. The molecule has 0 saturated heterocycles.